The van der Waals surface area contributed by atoms with E-state index in [0.29, 0.717) is 6.54 Å². The fraction of sp³-hybridized carbons (Fsp3) is 0.333. The number of aliphatic hydroxyl groups is 1. The number of hydrogen-bond acceptors (Lipinski definition) is 3. The van der Waals surface area contributed by atoms with Crippen molar-refractivity contribution in [1.82, 2.24) is 0 Å². The molecule has 0 saturated heterocycles. The zero-order valence-electron chi connectivity index (χ0n) is 12.8. The van der Waals surface area contributed by atoms with Gasteiger partial charge in [-0.05, 0) is 31.0 Å². The highest BCUT2D eigenvalue weighted by Gasteiger charge is 2.29. The fourth-order valence-corrected chi connectivity index (χ4v) is 2.63. The van der Waals surface area contributed by atoms with Crippen molar-refractivity contribution >= 4 is 5.69 Å². The number of rotatable bonds is 6. The molecule has 2 rings (SSSR count). The molecule has 3 nitrogen and oxygen atoms in total. The van der Waals surface area contributed by atoms with Crippen LogP contribution in [0, 0.1) is 6.92 Å². The van der Waals surface area contributed by atoms with Crippen LogP contribution >= 0.6 is 0 Å². The predicted octanol–water partition coefficient (Wildman–Crippen LogP) is 2.67. The summed E-state index contributed by atoms with van der Waals surface area (Å²) < 4.78 is 0. The first-order valence-corrected chi connectivity index (χ1v) is 7.36. The molecule has 0 aliphatic heterocycles. The molecule has 0 spiro atoms. The van der Waals surface area contributed by atoms with Crippen molar-refractivity contribution in [2.45, 2.75) is 19.4 Å². The SMILES string of the molecule is CCN(CC(N)(CO)c1ccccc1)c1ccccc1C. The third kappa shape index (κ3) is 3.43. The van der Waals surface area contributed by atoms with Crippen LogP contribution in [0.2, 0.25) is 0 Å². The Bertz CT molecular complexity index is 570. The molecule has 0 aromatic heterocycles. The van der Waals surface area contributed by atoms with Gasteiger partial charge in [-0.2, -0.15) is 0 Å². The molecule has 1 unspecified atom stereocenters. The van der Waals surface area contributed by atoms with E-state index in [1.807, 2.05) is 42.5 Å². The zero-order chi connectivity index (χ0) is 15.3. The van der Waals surface area contributed by atoms with Gasteiger partial charge in [0.25, 0.3) is 0 Å². The van der Waals surface area contributed by atoms with Gasteiger partial charge < -0.3 is 15.7 Å². The number of para-hydroxylation sites is 1. The molecule has 3 N–H and O–H groups in total. The molecule has 1 atom stereocenters. The number of nitrogens with two attached hydrogens (primary N) is 1. The highest BCUT2D eigenvalue weighted by molar-refractivity contribution is 5.53. The van der Waals surface area contributed by atoms with Crippen LogP contribution in [0.1, 0.15) is 18.1 Å². The zero-order valence-corrected chi connectivity index (χ0v) is 12.8. The number of benzene rings is 2. The van der Waals surface area contributed by atoms with Crippen molar-refractivity contribution in [1.29, 1.82) is 0 Å². The second-order valence-corrected chi connectivity index (χ2v) is 5.48. The lowest BCUT2D eigenvalue weighted by molar-refractivity contribution is 0.199. The number of hydrogen-bond donors (Lipinski definition) is 2. The maximum absolute atomic E-state index is 9.85. The third-order valence-electron chi connectivity index (χ3n) is 3.94. The summed E-state index contributed by atoms with van der Waals surface area (Å²) in [6.45, 7) is 5.54. The molecule has 2 aromatic rings. The Labute approximate surface area is 127 Å². The van der Waals surface area contributed by atoms with Crippen molar-refractivity contribution in [3.05, 3.63) is 65.7 Å². The number of aryl methyl sites for hydroxylation is 1. The van der Waals surface area contributed by atoms with Crippen LogP contribution in [0.4, 0.5) is 5.69 Å². The summed E-state index contributed by atoms with van der Waals surface area (Å²) in [7, 11) is 0. The molecule has 112 valence electrons. The van der Waals surface area contributed by atoms with E-state index in [1.165, 1.54) is 11.3 Å². The van der Waals surface area contributed by atoms with Crippen LogP contribution in [-0.4, -0.2) is 24.8 Å². The maximum Gasteiger partial charge on any atom is 0.0821 e. The van der Waals surface area contributed by atoms with E-state index in [4.69, 9.17) is 5.73 Å². The summed E-state index contributed by atoms with van der Waals surface area (Å²) in [6, 6.07) is 18.1. The first-order chi connectivity index (χ1) is 10.1. The van der Waals surface area contributed by atoms with Gasteiger partial charge in [0.2, 0.25) is 0 Å². The lowest BCUT2D eigenvalue weighted by Crippen LogP contribution is -2.50. The van der Waals surface area contributed by atoms with Crippen molar-refractivity contribution in [2.75, 3.05) is 24.6 Å². The summed E-state index contributed by atoms with van der Waals surface area (Å²) in [5.41, 5.74) is 9.07. The quantitative estimate of drug-likeness (QED) is 0.857. The Kier molecular flexibility index (Phi) is 4.99. The first-order valence-electron chi connectivity index (χ1n) is 7.36. The Morgan fingerprint density at radius 2 is 1.67 bits per heavy atom. The molecule has 0 fully saturated rings. The van der Waals surface area contributed by atoms with Gasteiger partial charge in [-0.15, -0.1) is 0 Å². The largest absolute Gasteiger partial charge is 0.394 e. The molecule has 0 aliphatic rings. The van der Waals surface area contributed by atoms with Gasteiger partial charge in [0.15, 0.2) is 0 Å². The van der Waals surface area contributed by atoms with Gasteiger partial charge in [-0.25, -0.2) is 0 Å². The minimum absolute atomic E-state index is 0.0839. The van der Waals surface area contributed by atoms with E-state index in [9.17, 15) is 5.11 Å². The molecule has 3 heteroatoms. The van der Waals surface area contributed by atoms with E-state index in [0.717, 1.165) is 12.1 Å². The third-order valence-corrected chi connectivity index (χ3v) is 3.94. The number of aliphatic hydroxyl groups excluding tert-OH is 1. The summed E-state index contributed by atoms with van der Waals surface area (Å²) in [5.74, 6) is 0. The van der Waals surface area contributed by atoms with Crippen molar-refractivity contribution in [3.8, 4) is 0 Å². The Hall–Kier alpha value is -1.84. The predicted molar refractivity (Wildman–Crippen MR) is 88.5 cm³/mol. The molecular weight excluding hydrogens is 260 g/mol. The molecule has 0 heterocycles. The van der Waals surface area contributed by atoms with Gasteiger partial charge in [0.1, 0.15) is 0 Å². The van der Waals surface area contributed by atoms with Crippen molar-refractivity contribution < 1.29 is 5.11 Å². The fourth-order valence-electron chi connectivity index (χ4n) is 2.63. The molecular formula is C18H24N2O. The van der Waals surface area contributed by atoms with E-state index in [2.05, 4.69) is 30.9 Å². The summed E-state index contributed by atoms with van der Waals surface area (Å²) in [5, 5.41) is 9.85. The lowest BCUT2D eigenvalue weighted by Gasteiger charge is -2.36. The van der Waals surface area contributed by atoms with Gasteiger partial charge >= 0.3 is 0 Å². The number of anilines is 1. The van der Waals surface area contributed by atoms with Crippen LogP contribution in [-0.2, 0) is 5.54 Å². The molecule has 0 radical (unpaired) electrons. The number of nitrogens with zero attached hydrogens (tertiary/aromatic N) is 1. The minimum Gasteiger partial charge on any atom is -0.394 e. The Morgan fingerprint density at radius 1 is 1.05 bits per heavy atom. The molecule has 0 bridgehead atoms. The first kappa shape index (κ1) is 15.5. The van der Waals surface area contributed by atoms with Gasteiger partial charge in [-0.3, -0.25) is 0 Å². The molecule has 0 amide bonds. The van der Waals surface area contributed by atoms with Gasteiger partial charge in [0.05, 0.1) is 12.1 Å². The summed E-state index contributed by atoms with van der Waals surface area (Å²) in [6.07, 6.45) is 0. The number of likely N-dealkylation sites (N-methyl/N-ethyl adjacent to an activating group) is 1. The highest BCUT2D eigenvalue weighted by Crippen LogP contribution is 2.25. The van der Waals surface area contributed by atoms with Crippen LogP contribution in [0.3, 0.4) is 0 Å². The average molecular weight is 284 g/mol. The van der Waals surface area contributed by atoms with E-state index in [-0.39, 0.29) is 6.61 Å². The Morgan fingerprint density at radius 3 is 2.24 bits per heavy atom. The second-order valence-electron chi connectivity index (χ2n) is 5.48. The molecule has 2 aromatic carbocycles. The monoisotopic (exact) mass is 284 g/mol. The minimum atomic E-state index is -0.764. The Balaban J connectivity index is 2.30. The summed E-state index contributed by atoms with van der Waals surface area (Å²) in [4.78, 5) is 2.22. The lowest BCUT2D eigenvalue weighted by atomic mass is 9.91. The normalized spacial score (nSPS) is 13.7. The molecule has 0 aliphatic carbocycles. The molecule has 0 saturated carbocycles. The maximum atomic E-state index is 9.85. The summed E-state index contributed by atoms with van der Waals surface area (Å²) >= 11 is 0. The van der Waals surface area contributed by atoms with Crippen molar-refractivity contribution in [2.24, 2.45) is 5.73 Å². The van der Waals surface area contributed by atoms with Gasteiger partial charge in [-0.1, -0.05) is 48.5 Å². The van der Waals surface area contributed by atoms with Crippen LogP contribution in [0.5, 0.6) is 0 Å². The van der Waals surface area contributed by atoms with E-state index in [1.54, 1.807) is 0 Å². The smallest absolute Gasteiger partial charge is 0.0821 e. The topological polar surface area (TPSA) is 49.5 Å². The van der Waals surface area contributed by atoms with Crippen LogP contribution in [0.15, 0.2) is 54.6 Å². The second kappa shape index (κ2) is 6.74. The van der Waals surface area contributed by atoms with E-state index < -0.39 is 5.54 Å². The van der Waals surface area contributed by atoms with Crippen molar-refractivity contribution in [3.63, 3.8) is 0 Å². The average Bonchev–Trinajstić information content (AvgIpc) is 2.54. The van der Waals surface area contributed by atoms with Crippen LogP contribution in [0.25, 0.3) is 0 Å². The highest BCUT2D eigenvalue weighted by atomic mass is 16.3. The van der Waals surface area contributed by atoms with Crippen LogP contribution < -0.4 is 10.6 Å². The standard InChI is InChI=1S/C18H24N2O/c1-3-20(17-12-8-7-9-15(17)2)13-18(19,14-21)16-10-5-4-6-11-16/h4-12,21H,3,13-14,19H2,1-2H3. The molecule has 21 heavy (non-hydrogen) atoms. The van der Waals surface area contributed by atoms with Gasteiger partial charge in [0, 0.05) is 18.8 Å². The van der Waals surface area contributed by atoms with E-state index >= 15 is 0 Å².